The van der Waals surface area contributed by atoms with Crippen LogP contribution in [0.3, 0.4) is 0 Å². The highest BCUT2D eigenvalue weighted by Gasteiger charge is 2.36. The van der Waals surface area contributed by atoms with Crippen LogP contribution < -0.4 is 5.32 Å². The van der Waals surface area contributed by atoms with Crippen molar-refractivity contribution in [3.8, 4) is 0 Å². The van der Waals surface area contributed by atoms with Crippen LogP contribution in [0.15, 0.2) is 34.1 Å². The molecule has 1 aliphatic rings. The van der Waals surface area contributed by atoms with E-state index in [-0.39, 0.29) is 16.3 Å². The lowest BCUT2D eigenvalue weighted by molar-refractivity contribution is 0.0878. The quantitative estimate of drug-likeness (QED) is 0.509. The summed E-state index contributed by atoms with van der Waals surface area (Å²) in [6.07, 6.45) is 0. The van der Waals surface area contributed by atoms with Gasteiger partial charge < -0.3 is 0 Å². The highest BCUT2D eigenvalue weighted by Crippen LogP contribution is 2.34. The Hall–Kier alpha value is -2.34. The molecule has 120 valence electrons. The lowest BCUT2D eigenvalue weighted by atomic mass is 10.0. The number of carbonyl (C=O) groups is 2. The van der Waals surface area contributed by atoms with Crippen LogP contribution in [-0.2, 0) is 20.2 Å². The van der Waals surface area contributed by atoms with Gasteiger partial charge >= 0.3 is 0 Å². The van der Waals surface area contributed by atoms with Gasteiger partial charge in [-0.3, -0.25) is 24.0 Å². The van der Waals surface area contributed by atoms with E-state index in [0.717, 1.165) is 12.1 Å². The molecule has 3 rings (SSSR count). The van der Waals surface area contributed by atoms with E-state index >= 15 is 0 Å². The van der Waals surface area contributed by atoms with Crippen molar-refractivity contribution in [2.75, 3.05) is 0 Å². The molecule has 0 unspecified atom stereocenters. The van der Waals surface area contributed by atoms with E-state index in [1.807, 2.05) is 5.32 Å². The topological polar surface area (TPSA) is 155 Å². The zero-order valence-electron chi connectivity index (χ0n) is 11.0. The number of rotatable bonds is 2. The molecule has 1 heterocycles. The van der Waals surface area contributed by atoms with Gasteiger partial charge in [-0.15, -0.1) is 0 Å². The molecule has 0 aliphatic carbocycles. The van der Waals surface area contributed by atoms with Gasteiger partial charge in [0.25, 0.3) is 32.1 Å². The van der Waals surface area contributed by atoms with Crippen molar-refractivity contribution in [1.29, 1.82) is 0 Å². The number of benzene rings is 2. The maximum Gasteiger partial charge on any atom is 0.295 e. The standard InChI is InChI=1S/C12H7NO8S2/c14-11-9-5-2-1-3-7(22(16,17)18)6(5)4-8(23(19,20)21)10(9)12(15)13-11/h1-4H,(H,13,14,15)(H,16,17,18)(H,19,20,21). The van der Waals surface area contributed by atoms with Crippen molar-refractivity contribution < 1.29 is 35.5 Å². The summed E-state index contributed by atoms with van der Waals surface area (Å²) in [6, 6.07) is 4.22. The van der Waals surface area contributed by atoms with Crippen molar-refractivity contribution in [2.45, 2.75) is 9.79 Å². The maximum atomic E-state index is 11.9. The van der Waals surface area contributed by atoms with Crippen molar-refractivity contribution in [1.82, 2.24) is 5.32 Å². The Morgan fingerprint density at radius 3 is 1.91 bits per heavy atom. The van der Waals surface area contributed by atoms with Gasteiger partial charge in [0, 0.05) is 5.39 Å². The van der Waals surface area contributed by atoms with Gasteiger partial charge in [0.2, 0.25) is 0 Å². The molecule has 2 aromatic carbocycles. The fourth-order valence-corrected chi connectivity index (χ4v) is 3.91. The number of hydrogen-bond acceptors (Lipinski definition) is 6. The SMILES string of the molecule is O=C1NC(=O)c2c1c(S(=O)(=O)O)cc1c(S(=O)(=O)O)cccc21. The van der Waals surface area contributed by atoms with Gasteiger partial charge in [-0.2, -0.15) is 16.8 Å². The molecule has 11 heteroatoms. The number of carbonyl (C=O) groups excluding carboxylic acids is 2. The Morgan fingerprint density at radius 1 is 0.783 bits per heavy atom. The smallest absolute Gasteiger partial charge is 0.288 e. The fraction of sp³-hybridized carbons (Fsp3) is 0. The van der Waals surface area contributed by atoms with Gasteiger partial charge in [0.1, 0.15) is 9.79 Å². The molecule has 0 saturated heterocycles. The van der Waals surface area contributed by atoms with E-state index < -0.39 is 47.4 Å². The average Bonchev–Trinajstić information content (AvgIpc) is 2.71. The average molecular weight is 357 g/mol. The van der Waals surface area contributed by atoms with E-state index in [9.17, 15) is 35.5 Å². The normalized spacial score (nSPS) is 14.9. The summed E-state index contributed by atoms with van der Waals surface area (Å²) in [6.45, 7) is 0. The Bertz CT molecular complexity index is 1120. The lowest BCUT2D eigenvalue weighted by Gasteiger charge is -2.09. The minimum Gasteiger partial charge on any atom is -0.288 e. The van der Waals surface area contributed by atoms with Crippen LogP contribution in [-0.4, -0.2) is 37.8 Å². The molecule has 0 saturated carbocycles. The molecule has 0 atom stereocenters. The summed E-state index contributed by atoms with van der Waals surface area (Å²) in [4.78, 5) is 22.1. The number of hydrogen-bond donors (Lipinski definition) is 3. The molecule has 9 nitrogen and oxygen atoms in total. The molecule has 2 amide bonds. The summed E-state index contributed by atoms with van der Waals surface area (Å²) in [5.41, 5.74) is -0.955. The van der Waals surface area contributed by atoms with Crippen molar-refractivity contribution >= 4 is 42.8 Å². The van der Waals surface area contributed by atoms with Crippen LogP contribution in [0, 0.1) is 0 Å². The molecule has 0 spiro atoms. The van der Waals surface area contributed by atoms with E-state index in [1.54, 1.807) is 0 Å². The van der Waals surface area contributed by atoms with Crippen LogP contribution in [0.25, 0.3) is 10.8 Å². The molecular weight excluding hydrogens is 350 g/mol. The summed E-state index contributed by atoms with van der Waals surface area (Å²) < 4.78 is 64.4. The highest BCUT2D eigenvalue weighted by molar-refractivity contribution is 7.86. The minimum absolute atomic E-state index is 0.0501. The second-order valence-corrected chi connectivity index (χ2v) is 7.49. The Labute approximate surface area is 129 Å². The third-order valence-corrected chi connectivity index (χ3v) is 5.13. The Kier molecular flexibility index (Phi) is 3.10. The first-order valence-electron chi connectivity index (χ1n) is 5.92. The third-order valence-electron chi connectivity index (χ3n) is 3.34. The van der Waals surface area contributed by atoms with E-state index in [4.69, 9.17) is 0 Å². The number of fused-ring (bicyclic) bond motifs is 3. The molecule has 3 N–H and O–H groups in total. The summed E-state index contributed by atoms with van der Waals surface area (Å²) in [5.74, 6) is -1.97. The van der Waals surface area contributed by atoms with Crippen LogP contribution >= 0.6 is 0 Å². The zero-order valence-corrected chi connectivity index (χ0v) is 12.6. The monoisotopic (exact) mass is 357 g/mol. The van der Waals surface area contributed by atoms with E-state index in [1.165, 1.54) is 12.1 Å². The predicted octanol–water partition coefficient (Wildman–Crippen LogP) is 0.217. The van der Waals surface area contributed by atoms with Crippen molar-refractivity contribution in [3.05, 3.63) is 35.4 Å². The number of imide groups is 1. The van der Waals surface area contributed by atoms with Crippen LogP contribution in [0.5, 0.6) is 0 Å². The maximum absolute atomic E-state index is 11.9. The summed E-state index contributed by atoms with van der Waals surface area (Å²) in [7, 11) is -9.66. The van der Waals surface area contributed by atoms with Gasteiger partial charge in [-0.05, 0) is 17.5 Å². The fourth-order valence-electron chi connectivity index (χ4n) is 2.49. The minimum atomic E-state index is -4.93. The zero-order chi connectivity index (χ0) is 17.2. The van der Waals surface area contributed by atoms with Gasteiger partial charge in [-0.25, -0.2) is 0 Å². The van der Waals surface area contributed by atoms with E-state index in [0.29, 0.717) is 0 Å². The predicted molar refractivity (Wildman–Crippen MR) is 75.4 cm³/mol. The molecule has 2 aromatic rings. The largest absolute Gasteiger partial charge is 0.295 e. The third kappa shape index (κ3) is 2.30. The first kappa shape index (κ1) is 15.6. The first-order valence-corrected chi connectivity index (χ1v) is 8.80. The van der Waals surface area contributed by atoms with Gasteiger partial charge in [-0.1, -0.05) is 12.1 Å². The molecule has 1 aliphatic heterocycles. The molecule has 23 heavy (non-hydrogen) atoms. The number of nitrogens with one attached hydrogen (secondary N) is 1. The van der Waals surface area contributed by atoms with Crippen LogP contribution in [0.2, 0.25) is 0 Å². The second kappa shape index (κ2) is 4.58. The van der Waals surface area contributed by atoms with Gasteiger partial charge in [0.05, 0.1) is 11.1 Å². The van der Waals surface area contributed by atoms with E-state index in [2.05, 4.69) is 0 Å². The Morgan fingerprint density at radius 2 is 1.35 bits per heavy atom. The molecular formula is C12H7NO8S2. The van der Waals surface area contributed by atoms with Crippen molar-refractivity contribution in [3.63, 3.8) is 0 Å². The second-order valence-electron chi connectivity index (χ2n) is 4.71. The lowest BCUT2D eigenvalue weighted by Crippen LogP contribution is -2.20. The molecule has 0 fully saturated rings. The molecule has 0 radical (unpaired) electrons. The highest BCUT2D eigenvalue weighted by atomic mass is 32.2. The summed E-state index contributed by atoms with van der Waals surface area (Å²) >= 11 is 0. The molecule has 0 aromatic heterocycles. The number of amides is 2. The van der Waals surface area contributed by atoms with Gasteiger partial charge in [0.15, 0.2) is 0 Å². The summed E-state index contributed by atoms with van der Waals surface area (Å²) in [5, 5.41) is 1.52. The Balaban J connectivity index is 2.64. The first-order chi connectivity index (χ1) is 10.5. The van der Waals surface area contributed by atoms with Crippen LogP contribution in [0.4, 0.5) is 0 Å². The molecule has 0 bridgehead atoms. The van der Waals surface area contributed by atoms with Crippen molar-refractivity contribution in [2.24, 2.45) is 0 Å². The van der Waals surface area contributed by atoms with Crippen LogP contribution in [0.1, 0.15) is 20.7 Å².